The molecule has 1 aromatic heterocycles. The molecule has 1 aromatic rings. The maximum atomic E-state index is 12.1. The summed E-state index contributed by atoms with van der Waals surface area (Å²) in [4.78, 5) is 17.8. The third-order valence-corrected chi connectivity index (χ3v) is 4.41. The lowest BCUT2D eigenvalue weighted by Gasteiger charge is -2.27. The molecule has 0 amide bonds. The van der Waals surface area contributed by atoms with E-state index in [1.807, 2.05) is 27.7 Å². The van der Waals surface area contributed by atoms with Crippen LogP contribution in [0.5, 0.6) is 0 Å². The number of nitrogens with two attached hydrogens (primary N) is 1. The van der Waals surface area contributed by atoms with Gasteiger partial charge < -0.3 is 10.5 Å². The zero-order valence-electron chi connectivity index (χ0n) is 11.6. The zero-order chi connectivity index (χ0) is 13.8. The Bertz CT molecular complexity index is 392. The standard InChI is InChI=1S/C13H22N2O2S/c1-5-13(8-14,12(16)17-6-2)7-11-15-9(3)10(4)18-11/h5-8,14H2,1-4H3. The number of carbonyl (C=O) groups is 1. The molecule has 0 spiro atoms. The first kappa shape index (κ1) is 15.1. The fourth-order valence-corrected chi connectivity index (χ4v) is 2.91. The maximum Gasteiger partial charge on any atom is 0.313 e. The van der Waals surface area contributed by atoms with E-state index in [0.29, 0.717) is 26.0 Å². The second kappa shape index (κ2) is 6.29. The van der Waals surface area contributed by atoms with Crippen molar-refractivity contribution < 1.29 is 9.53 Å². The lowest BCUT2D eigenvalue weighted by molar-refractivity contribution is -0.155. The number of nitrogens with zero attached hydrogens (tertiary/aromatic N) is 1. The van der Waals surface area contributed by atoms with E-state index in [0.717, 1.165) is 10.7 Å². The van der Waals surface area contributed by atoms with Crippen LogP contribution in [0.3, 0.4) is 0 Å². The van der Waals surface area contributed by atoms with Gasteiger partial charge in [0.2, 0.25) is 0 Å². The topological polar surface area (TPSA) is 65.2 Å². The van der Waals surface area contributed by atoms with Crippen molar-refractivity contribution >= 4 is 17.3 Å². The van der Waals surface area contributed by atoms with Gasteiger partial charge in [-0.2, -0.15) is 0 Å². The first-order valence-corrected chi connectivity index (χ1v) is 7.11. The Morgan fingerprint density at radius 1 is 1.44 bits per heavy atom. The average molecular weight is 270 g/mol. The van der Waals surface area contributed by atoms with Gasteiger partial charge in [0.25, 0.3) is 0 Å². The number of hydrogen-bond acceptors (Lipinski definition) is 5. The highest BCUT2D eigenvalue weighted by Gasteiger charge is 2.38. The Labute approximate surface area is 113 Å². The summed E-state index contributed by atoms with van der Waals surface area (Å²) in [6, 6.07) is 0. The number of aromatic nitrogens is 1. The Morgan fingerprint density at radius 2 is 2.11 bits per heavy atom. The third-order valence-electron chi connectivity index (χ3n) is 3.34. The molecule has 1 atom stereocenters. The van der Waals surface area contributed by atoms with E-state index >= 15 is 0 Å². The van der Waals surface area contributed by atoms with Crippen molar-refractivity contribution in [2.45, 2.75) is 40.5 Å². The van der Waals surface area contributed by atoms with Gasteiger partial charge in [-0.1, -0.05) is 6.92 Å². The molecular formula is C13H22N2O2S. The molecule has 0 bridgehead atoms. The van der Waals surface area contributed by atoms with Crippen LogP contribution in [-0.4, -0.2) is 24.1 Å². The number of esters is 1. The summed E-state index contributed by atoms with van der Waals surface area (Å²) in [6.07, 6.45) is 1.23. The summed E-state index contributed by atoms with van der Waals surface area (Å²) in [7, 11) is 0. The largest absolute Gasteiger partial charge is 0.466 e. The van der Waals surface area contributed by atoms with Crippen molar-refractivity contribution in [3.8, 4) is 0 Å². The van der Waals surface area contributed by atoms with Crippen LogP contribution in [0.2, 0.25) is 0 Å². The summed E-state index contributed by atoms with van der Waals surface area (Å²) in [6.45, 7) is 8.48. The maximum absolute atomic E-state index is 12.1. The van der Waals surface area contributed by atoms with Gasteiger partial charge in [-0.25, -0.2) is 4.98 Å². The molecule has 0 fully saturated rings. The third kappa shape index (κ3) is 3.09. The predicted octanol–water partition coefficient (Wildman–Crippen LogP) is 2.22. The van der Waals surface area contributed by atoms with Gasteiger partial charge in [-0.3, -0.25) is 4.79 Å². The summed E-state index contributed by atoms with van der Waals surface area (Å²) in [5.41, 5.74) is 6.21. The smallest absolute Gasteiger partial charge is 0.313 e. The molecular weight excluding hydrogens is 248 g/mol. The second-order valence-corrected chi connectivity index (χ2v) is 5.77. The summed E-state index contributed by atoms with van der Waals surface area (Å²) in [5, 5.41) is 0.963. The van der Waals surface area contributed by atoms with Crippen molar-refractivity contribution in [2.75, 3.05) is 13.2 Å². The molecule has 0 aliphatic rings. The first-order valence-electron chi connectivity index (χ1n) is 6.29. The van der Waals surface area contributed by atoms with E-state index in [1.54, 1.807) is 11.3 Å². The van der Waals surface area contributed by atoms with E-state index in [-0.39, 0.29) is 5.97 Å². The Morgan fingerprint density at radius 3 is 2.50 bits per heavy atom. The Hall–Kier alpha value is -0.940. The summed E-state index contributed by atoms with van der Waals surface area (Å²) < 4.78 is 5.16. The van der Waals surface area contributed by atoms with Gasteiger partial charge >= 0.3 is 5.97 Å². The van der Waals surface area contributed by atoms with Crippen molar-refractivity contribution in [1.82, 2.24) is 4.98 Å². The number of aryl methyl sites for hydroxylation is 2. The zero-order valence-corrected chi connectivity index (χ0v) is 12.4. The molecule has 0 aromatic carbocycles. The van der Waals surface area contributed by atoms with E-state index in [9.17, 15) is 4.79 Å². The Balaban J connectivity index is 2.95. The van der Waals surface area contributed by atoms with Crippen LogP contribution >= 0.6 is 11.3 Å². The van der Waals surface area contributed by atoms with Crippen LogP contribution < -0.4 is 5.73 Å². The van der Waals surface area contributed by atoms with Crippen LogP contribution in [0.15, 0.2) is 0 Å². The molecule has 1 heterocycles. The van der Waals surface area contributed by atoms with Gasteiger partial charge in [0.1, 0.15) is 0 Å². The molecule has 0 aliphatic carbocycles. The number of hydrogen-bond donors (Lipinski definition) is 1. The molecule has 0 aliphatic heterocycles. The molecule has 0 radical (unpaired) electrons. The monoisotopic (exact) mass is 270 g/mol. The lowest BCUT2D eigenvalue weighted by atomic mass is 9.82. The molecule has 18 heavy (non-hydrogen) atoms. The van der Waals surface area contributed by atoms with Gasteiger partial charge in [0, 0.05) is 17.8 Å². The average Bonchev–Trinajstić information content (AvgIpc) is 2.65. The molecule has 2 N–H and O–H groups in total. The normalized spacial score (nSPS) is 14.3. The minimum absolute atomic E-state index is 0.208. The van der Waals surface area contributed by atoms with Crippen LogP contribution in [0.25, 0.3) is 0 Å². The van der Waals surface area contributed by atoms with Crippen LogP contribution in [0.1, 0.15) is 35.8 Å². The van der Waals surface area contributed by atoms with E-state index < -0.39 is 5.41 Å². The van der Waals surface area contributed by atoms with E-state index in [2.05, 4.69) is 4.98 Å². The minimum Gasteiger partial charge on any atom is -0.466 e. The van der Waals surface area contributed by atoms with Crippen LogP contribution in [0, 0.1) is 19.3 Å². The molecule has 0 saturated heterocycles. The number of carbonyl (C=O) groups excluding carboxylic acids is 1. The van der Waals surface area contributed by atoms with Gasteiger partial charge in [0.15, 0.2) is 0 Å². The SMILES string of the molecule is CCOC(=O)C(CC)(CN)Cc1nc(C)c(C)s1. The predicted molar refractivity (Wildman–Crippen MR) is 73.7 cm³/mol. The van der Waals surface area contributed by atoms with E-state index in [4.69, 9.17) is 10.5 Å². The quantitative estimate of drug-likeness (QED) is 0.805. The molecule has 0 saturated carbocycles. The molecule has 1 rings (SSSR count). The minimum atomic E-state index is -0.632. The number of ether oxygens (including phenoxy) is 1. The van der Waals surface area contributed by atoms with Gasteiger partial charge in [-0.05, 0) is 27.2 Å². The van der Waals surface area contributed by atoms with Crippen LogP contribution in [-0.2, 0) is 16.0 Å². The highest BCUT2D eigenvalue weighted by molar-refractivity contribution is 7.11. The van der Waals surface area contributed by atoms with Crippen LogP contribution in [0.4, 0.5) is 0 Å². The van der Waals surface area contributed by atoms with Crippen molar-refractivity contribution in [3.63, 3.8) is 0 Å². The molecule has 5 heteroatoms. The van der Waals surface area contributed by atoms with Gasteiger partial charge in [0.05, 0.1) is 22.7 Å². The van der Waals surface area contributed by atoms with Crippen molar-refractivity contribution in [3.05, 3.63) is 15.6 Å². The summed E-state index contributed by atoms with van der Waals surface area (Å²) in [5.74, 6) is -0.208. The lowest BCUT2D eigenvalue weighted by Crippen LogP contribution is -2.41. The number of rotatable bonds is 6. The fourth-order valence-electron chi connectivity index (χ4n) is 1.83. The molecule has 1 unspecified atom stereocenters. The fraction of sp³-hybridized carbons (Fsp3) is 0.692. The number of thiazole rings is 1. The van der Waals surface area contributed by atoms with E-state index in [1.165, 1.54) is 4.88 Å². The molecule has 4 nitrogen and oxygen atoms in total. The second-order valence-electron chi connectivity index (χ2n) is 4.48. The summed E-state index contributed by atoms with van der Waals surface area (Å²) >= 11 is 1.63. The highest BCUT2D eigenvalue weighted by Crippen LogP contribution is 2.30. The Kier molecular flexibility index (Phi) is 5.28. The molecule has 102 valence electrons. The van der Waals surface area contributed by atoms with Crippen molar-refractivity contribution in [1.29, 1.82) is 0 Å². The highest BCUT2D eigenvalue weighted by atomic mass is 32.1. The first-order chi connectivity index (χ1) is 8.49. The van der Waals surface area contributed by atoms with Gasteiger partial charge in [-0.15, -0.1) is 11.3 Å². The van der Waals surface area contributed by atoms with Crippen molar-refractivity contribution in [2.24, 2.45) is 11.1 Å².